The number of halogens is 1. The van der Waals surface area contributed by atoms with E-state index in [2.05, 4.69) is 16.8 Å². The number of nitrogens with zero attached hydrogens (tertiary/aromatic N) is 1. The molecule has 1 aliphatic rings. The fraction of sp³-hybridized carbons (Fsp3) is 0.278. The SMILES string of the molecule is CC1(COc2ncc(C#Cc3ccccc3)cc2F)COC1. The van der Waals surface area contributed by atoms with Crippen LogP contribution in [0.25, 0.3) is 0 Å². The largest absolute Gasteiger partial charge is 0.475 e. The molecule has 0 unspecified atom stereocenters. The van der Waals surface area contributed by atoms with Gasteiger partial charge in [0.15, 0.2) is 5.82 Å². The fourth-order valence-corrected chi connectivity index (χ4v) is 2.04. The van der Waals surface area contributed by atoms with Gasteiger partial charge in [0.05, 0.1) is 19.8 Å². The minimum Gasteiger partial charge on any atom is -0.475 e. The van der Waals surface area contributed by atoms with E-state index in [1.54, 1.807) is 0 Å². The Morgan fingerprint density at radius 1 is 1.23 bits per heavy atom. The van der Waals surface area contributed by atoms with Crippen molar-refractivity contribution in [2.45, 2.75) is 6.92 Å². The third-order valence-corrected chi connectivity index (χ3v) is 3.39. The van der Waals surface area contributed by atoms with Crippen molar-refractivity contribution in [2.24, 2.45) is 5.41 Å². The second kappa shape index (κ2) is 6.17. The van der Waals surface area contributed by atoms with E-state index in [1.807, 2.05) is 37.3 Å². The van der Waals surface area contributed by atoms with Crippen LogP contribution in [0.3, 0.4) is 0 Å². The van der Waals surface area contributed by atoms with E-state index in [0.29, 0.717) is 25.4 Å². The number of benzene rings is 1. The summed E-state index contributed by atoms with van der Waals surface area (Å²) in [5.41, 5.74) is 1.35. The van der Waals surface area contributed by atoms with Crippen molar-refractivity contribution in [3.05, 3.63) is 59.5 Å². The molecule has 22 heavy (non-hydrogen) atoms. The van der Waals surface area contributed by atoms with Crippen LogP contribution in [-0.2, 0) is 4.74 Å². The molecule has 1 aromatic heterocycles. The molecule has 1 saturated heterocycles. The van der Waals surface area contributed by atoms with Gasteiger partial charge in [0.25, 0.3) is 0 Å². The minimum atomic E-state index is -0.497. The molecule has 1 fully saturated rings. The third kappa shape index (κ3) is 3.44. The van der Waals surface area contributed by atoms with Crippen molar-refractivity contribution in [1.29, 1.82) is 0 Å². The molecular weight excluding hydrogens is 281 g/mol. The number of hydrogen-bond acceptors (Lipinski definition) is 3. The molecule has 4 heteroatoms. The molecule has 3 rings (SSSR count). The molecule has 2 aromatic rings. The van der Waals surface area contributed by atoms with E-state index < -0.39 is 5.82 Å². The highest BCUT2D eigenvalue weighted by Gasteiger charge is 2.34. The van der Waals surface area contributed by atoms with Gasteiger partial charge in [-0.2, -0.15) is 0 Å². The highest BCUT2D eigenvalue weighted by molar-refractivity contribution is 5.42. The Morgan fingerprint density at radius 2 is 1.95 bits per heavy atom. The molecule has 0 bridgehead atoms. The Kier molecular flexibility index (Phi) is 4.08. The molecule has 1 aromatic carbocycles. The topological polar surface area (TPSA) is 31.4 Å². The van der Waals surface area contributed by atoms with Gasteiger partial charge in [0.1, 0.15) is 0 Å². The lowest BCUT2D eigenvalue weighted by Gasteiger charge is -2.37. The predicted octanol–water partition coefficient (Wildman–Crippen LogP) is 3.04. The van der Waals surface area contributed by atoms with E-state index in [-0.39, 0.29) is 11.3 Å². The summed E-state index contributed by atoms with van der Waals surface area (Å²) < 4.78 is 24.6. The van der Waals surface area contributed by atoms with Crippen LogP contribution in [0.15, 0.2) is 42.6 Å². The maximum Gasteiger partial charge on any atom is 0.250 e. The number of aromatic nitrogens is 1. The summed E-state index contributed by atoms with van der Waals surface area (Å²) in [7, 11) is 0. The van der Waals surface area contributed by atoms with Crippen LogP contribution in [0.5, 0.6) is 5.88 Å². The Morgan fingerprint density at radius 3 is 2.59 bits per heavy atom. The first kappa shape index (κ1) is 14.6. The summed E-state index contributed by atoms with van der Waals surface area (Å²) in [5, 5.41) is 0. The quantitative estimate of drug-likeness (QED) is 0.816. The van der Waals surface area contributed by atoms with Crippen molar-refractivity contribution in [1.82, 2.24) is 4.98 Å². The maximum absolute atomic E-state index is 14.0. The molecule has 0 saturated carbocycles. The van der Waals surface area contributed by atoms with Gasteiger partial charge in [-0.15, -0.1) is 0 Å². The Balaban J connectivity index is 1.68. The van der Waals surface area contributed by atoms with Crippen LogP contribution in [0.4, 0.5) is 4.39 Å². The van der Waals surface area contributed by atoms with Gasteiger partial charge in [-0.05, 0) is 18.2 Å². The van der Waals surface area contributed by atoms with Gasteiger partial charge >= 0.3 is 0 Å². The van der Waals surface area contributed by atoms with Gasteiger partial charge < -0.3 is 9.47 Å². The van der Waals surface area contributed by atoms with Crippen LogP contribution >= 0.6 is 0 Å². The molecule has 0 amide bonds. The Hall–Kier alpha value is -2.38. The first-order valence-electron chi connectivity index (χ1n) is 7.08. The second-order valence-corrected chi connectivity index (χ2v) is 5.72. The average molecular weight is 297 g/mol. The fourth-order valence-electron chi connectivity index (χ4n) is 2.04. The molecule has 0 atom stereocenters. The first-order valence-corrected chi connectivity index (χ1v) is 7.08. The molecule has 1 aliphatic heterocycles. The van der Waals surface area contributed by atoms with Crippen LogP contribution in [0.2, 0.25) is 0 Å². The minimum absolute atomic E-state index is 0.0124. The molecular formula is C18H16FNO2. The standard InChI is InChI=1S/C18H16FNO2/c1-18(11-21-12-18)13-22-17-16(19)9-15(10-20-17)8-7-14-5-3-2-4-6-14/h2-6,9-10H,11-13H2,1H3. The highest BCUT2D eigenvalue weighted by Crippen LogP contribution is 2.27. The normalized spacial score (nSPS) is 15.4. The highest BCUT2D eigenvalue weighted by atomic mass is 19.1. The number of pyridine rings is 1. The van der Waals surface area contributed by atoms with E-state index in [0.717, 1.165) is 5.56 Å². The van der Waals surface area contributed by atoms with Crippen molar-refractivity contribution >= 4 is 0 Å². The first-order chi connectivity index (χ1) is 10.6. The lowest BCUT2D eigenvalue weighted by atomic mass is 9.90. The van der Waals surface area contributed by atoms with Crippen molar-refractivity contribution < 1.29 is 13.9 Å². The Bertz CT molecular complexity index is 715. The zero-order chi connectivity index (χ0) is 15.4. The second-order valence-electron chi connectivity index (χ2n) is 5.72. The summed E-state index contributed by atoms with van der Waals surface area (Å²) >= 11 is 0. The van der Waals surface area contributed by atoms with Gasteiger partial charge in [0, 0.05) is 22.7 Å². The van der Waals surface area contributed by atoms with Gasteiger partial charge in [-0.25, -0.2) is 9.37 Å². The Labute approximate surface area is 129 Å². The zero-order valence-corrected chi connectivity index (χ0v) is 12.3. The smallest absolute Gasteiger partial charge is 0.250 e. The van der Waals surface area contributed by atoms with Gasteiger partial charge in [0.2, 0.25) is 5.88 Å². The molecule has 0 N–H and O–H groups in total. The molecule has 0 spiro atoms. The van der Waals surface area contributed by atoms with Crippen molar-refractivity contribution in [2.75, 3.05) is 19.8 Å². The summed E-state index contributed by atoms with van der Waals surface area (Å²) in [6.07, 6.45) is 1.52. The monoisotopic (exact) mass is 297 g/mol. The summed E-state index contributed by atoms with van der Waals surface area (Å²) in [6.45, 7) is 3.70. The van der Waals surface area contributed by atoms with Crippen LogP contribution in [-0.4, -0.2) is 24.8 Å². The number of hydrogen-bond donors (Lipinski definition) is 0. The van der Waals surface area contributed by atoms with E-state index in [4.69, 9.17) is 9.47 Å². The molecule has 0 radical (unpaired) electrons. The van der Waals surface area contributed by atoms with Gasteiger partial charge in [-0.1, -0.05) is 37.0 Å². The third-order valence-electron chi connectivity index (χ3n) is 3.39. The number of ether oxygens (including phenoxy) is 2. The van der Waals surface area contributed by atoms with Gasteiger partial charge in [-0.3, -0.25) is 0 Å². The number of rotatable bonds is 3. The zero-order valence-electron chi connectivity index (χ0n) is 12.3. The van der Waals surface area contributed by atoms with E-state index in [9.17, 15) is 4.39 Å². The van der Waals surface area contributed by atoms with Crippen LogP contribution < -0.4 is 4.74 Å². The molecule has 0 aliphatic carbocycles. The summed E-state index contributed by atoms with van der Waals surface area (Å²) in [5.74, 6) is 5.38. The van der Waals surface area contributed by atoms with Crippen molar-refractivity contribution in [3.8, 4) is 17.7 Å². The molecule has 3 nitrogen and oxygen atoms in total. The van der Waals surface area contributed by atoms with Crippen molar-refractivity contribution in [3.63, 3.8) is 0 Å². The summed E-state index contributed by atoms with van der Waals surface area (Å²) in [4.78, 5) is 4.01. The predicted molar refractivity (Wildman–Crippen MR) is 81.0 cm³/mol. The molecule has 2 heterocycles. The average Bonchev–Trinajstić information content (AvgIpc) is 2.51. The molecule has 112 valence electrons. The van der Waals surface area contributed by atoms with E-state index >= 15 is 0 Å². The van der Waals surface area contributed by atoms with E-state index in [1.165, 1.54) is 12.3 Å². The maximum atomic E-state index is 14.0. The summed E-state index contributed by atoms with van der Waals surface area (Å²) in [6, 6.07) is 10.9. The lowest BCUT2D eigenvalue weighted by Crippen LogP contribution is -2.44. The van der Waals surface area contributed by atoms with Crippen LogP contribution in [0.1, 0.15) is 18.1 Å². The van der Waals surface area contributed by atoms with Crippen LogP contribution in [0, 0.1) is 23.1 Å². The lowest BCUT2D eigenvalue weighted by molar-refractivity contribution is -0.121.